The second-order valence-corrected chi connectivity index (χ2v) is 8.06. The molecule has 0 radical (unpaired) electrons. The Kier molecular flexibility index (Phi) is 5.36. The molecule has 25 heavy (non-hydrogen) atoms. The van der Waals surface area contributed by atoms with E-state index in [1.807, 2.05) is 31.2 Å². The van der Waals surface area contributed by atoms with Crippen LogP contribution >= 0.6 is 0 Å². The van der Waals surface area contributed by atoms with Gasteiger partial charge in [-0.1, -0.05) is 30.3 Å². The van der Waals surface area contributed by atoms with Crippen molar-refractivity contribution >= 4 is 26.7 Å². The van der Waals surface area contributed by atoms with Gasteiger partial charge >= 0.3 is 0 Å². The van der Waals surface area contributed by atoms with Crippen molar-refractivity contribution in [3.63, 3.8) is 0 Å². The van der Waals surface area contributed by atoms with Gasteiger partial charge in [-0.3, -0.25) is 4.79 Å². The van der Waals surface area contributed by atoms with E-state index < -0.39 is 10.0 Å². The molecule has 6 nitrogen and oxygen atoms in total. The second kappa shape index (κ2) is 7.51. The number of nitrogens with one attached hydrogen (secondary N) is 2. The molecule has 134 valence electrons. The Hall–Kier alpha value is -1.96. The van der Waals surface area contributed by atoms with Crippen LogP contribution in [0.5, 0.6) is 0 Å². The van der Waals surface area contributed by atoms with E-state index in [-0.39, 0.29) is 29.8 Å². The maximum absolute atomic E-state index is 12.5. The molecule has 1 saturated heterocycles. The Morgan fingerprint density at radius 3 is 2.76 bits per heavy atom. The minimum atomic E-state index is -3.62. The highest BCUT2D eigenvalue weighted by Gasteiger charge is 2.23. The van der Waals surface area contributed by atoms with Crippen molar-refractivity contribution in [2.24, 2.45) is 0 Å². The summed E-state index contributed by atoms with van der Waals surface area (Å²) in [5.41, 5.74) is 0. The summed E-state index contributed by atoms with van der Waals surface area (Å²) in [6.45, 7) is 4.30. The van der Waals surface area contributed by atoms with Crippen LogP contribution in [-0.4, -0.2) is 51.4 Å². The zero-order valence-corrected chi connectivity index (χ0v) is 15.1. The van der Waals surface area contributed by atoms with Crippen molar-refractivity contribution < 1.29 is 13.2 Å². The number of amides is 1. The molecule has 1 unspecified atom stereocenters. The van der Waals surface area contributed by atoms with Gasteiger partial charge in [-0.2, -0.15) is 0 Å². The van der Waals surface area contributed by atoms with Gasteiger partial charge in [-0.05, 0) is 29.8 Å². The zero-order chi connectivity index (χ0) is 17.9. The van der Waals surface area contributed by atoms with Crippen molar-refractivity contribution in [1.29, 1.82) is 0 Å². The zero-order valence-electron chi connectivity index (χ0n) is 14.2. The van der Waals surface area contributed by atoms with Gasteiger partial charge < -0.3 is 10.2 Å². The number of nitrogens with zero attached hydrogens (tertiary/aromatic N) is 1. The summed E-state index contributed by atoms with van der Waals surface area (Å²) in [6, 6.07) is 12.8. The van der Waals surface area contributed by atoms with Crippen LogP contribution in [0, 0.1) is 0 Å². The third kappa shape index (κ3) is 4.18. The summed E-state index contributed by atoms with van der Waals surface area (Å²) in [5.74, 6) is -0.0183. The van der Waals surface area contributed by atoms with Gasteiger partial charge in [0.05, 0.1) is 4.90 Å². The van der Waals surface area contributed by atoms with E-state index in [2.05, 4.69) is 10.0 Å². The predicted molar refractivity (Wildman–Crippen MR) is 97.8 cm³/mol. The molecule has 1 heterocycles. The average Bonchev–Trinajstić information content (AvgIpc) is 2.61. The summed E-state index contributed by atoms with van der Waals surface area (Å²) in [4.78, 5) is 14.3. The Bertz CT molecular complexity index is 867. The molecule has 0 spiro atoms. The van der Waals surface area contributed by atoms with Crippen molar-refractivity contribution in [2.75, 3.05) is 26.2 Å². The molecule has 2 aromatic rings. The number of hydrogen-bond acceptors (Lipinski definition) is 4. The lowest BCUT2D eigenvalue weighted by Crippen LogP contribution is -2.52. The lowest BCUT2D eigenvalue weighted by molar-refractivity contribution is -0.133. The highest BCUT2D eigenvalue weighted by Crippen LogP contribution is 2.18. The lowest BCUT2D eigenvalue weighted by atomic mass is 10.1. The van der Waals surface area contributed by atoms with Gasteiger partial charge in [0.2, 0.25) is 15.9 Å². The van der Waals surface area contributed by atoms with Gasteiger partial charge in [0.1, 0.15) is 0 Å². The first-order valence-corrected chi connectivity index (χ1v) is 9.94. The van der Waals surface area contributed by atoms with E-state index in [1.165, 1.54) is 0 Å². The standard InChI is InChI=1S/C18H23N3O3S/c1-14-13-19-10-11-21(14)18(22)8-9-20-25(23,24)17-7-6-15-4-2-3-5-16(15)12-17/h2-7,12,14,19-20H,8-11,13H2,1H3. The van der Waals surface area contributed by atoms with Gasteiger partial charge in [0.25, 0.3) is 0 Å². The summed E-state index contributed by atoms with van der Waals surface area (Å²) >= 11 is 0. The summed E-state index contributed by atoms with van der Waals surface area (Å²) in [5, 5.41) is 5.09. The van der Waals surface area contributed by atoms with Crippen molar-refractivity contribution in [3.05, 3.63) is 42.5 Å². The SMILES string of the molecule is CC1CNCCN1C(=O)CCNS(=O)(=O)c1ccc2ccccc2c1. The molecule has 1 amide bonds. The fourth-order valence-electron chi connectivity index (χ4n) is 3.07. The molecule has 2 aromatic carbocycles. The topological polar surface area (TPSA) is 78.5 Å². The number of carbonyl (C=O) groups is 1. The molecule has 0 aromatic heterocycles. The van der Waals surface area contributed by atoms with Crippen LogP contribution in [0.2, 0.25) is 0 Å². The number of sulfonamides is 1. The van der Waals surface area contributed by atoms with Crippen LogP contribution < -0.4 is 10.0 Å². The Morgan fingerprint density at radius 1 is 1.24 bits per heavy atom. The highest BCUT2D eigenvalue weighted by molar-refractivity contribution is 7.89. The first kappa shape index (κ1) is 17.8. The largest absolute Gasteiger partial charge is 0.337 e. The monoisotopic (exact) mass is 361 g/mol. The molecule has 1 aliphatic rings. The Morgan fingerprint density at radius 2 is 2.00 bits per heavy atom. The van der Waals surface area contributed by atoms with Crippen molar-refractivity contribution in [1.82, 2.24) is 14.9 Å². The maximum Gasteiger partial charge on any atom is 0.240 e. The molecule has 0 bridgehead atoms. The third-order valence-corrected chi connectivity index (χ3v) is 5.94. The Balaban J connectivity index is 1.62. The van der Waals surface area contributed by atoms with Crippen molar-refractivity contribution in [2.45, 2.75) is 24.3 Å². The van der Waals surface area contributed by atoms with E-state index in [9.17, 15) is 13.2 Å². The van der Waals surface area contributed by atoms with E-state index in [0.29, 0.717) is 6.54 Å². The molecule has 1 atom stereocenters. The van der Waals surface area contributed by atoms with Gasteiger partial charge in [-0.15, -0.1) is 0 Å². The summed E-state index contributed by atoms with van der Waals surface area (Å²) in [6.07, 6.45) is 0.164. The van der Waals surface area contributed by atoms with Crippen LogP contribution in [0.1, 0.15) is 13.3 Å². The number of benzene rings is 2. The molecular formula is C18H23N3O3S. The van der Waals surface area contributed by atoms with Crippen LogP contribution in [0.4, 0.5) is 0 Å². The molecule has 2 N–H and O–H groups in total. The molecule has 0 saturated carbocycles. The fourth-order valence-corrected chi connectivity index (χ4v) is 4.13. The summed E-state index contributed by atoms with van der Waals surface area (Å²) in [7, 11) is -3.62. The van der Waals surface area contributed by atoms with Crippen LogP contribution in [0.3, 0.4) is 0 Å². The number of rotatable bonds is 5. The van der Waals surface area contributed by atoms with Gasteiger partial charge in [0, 0.05) is 38.6 Å². The first-order valence-electron chi connectivity index (χ1n) is 8.46. The minimum absolute atomic E-state index is 0.0183. The van der Waals surface area contributed by atoms with E-state index in [1.54, 1.807) is 23.1 Å². The van der Waals surface area contributed by atoms with Crippen LogP contribution in [-0.2, 0) is 14.8 Å². The highest BCUT2D eigenvalue weighted by atomic mass is 32.2. The molecule has 0 aliphatic carbocycles. The minimum Gasteiger partial charge on any atom is -0.337 e. The number of fused-ring (bicyclic) bond motifs is 1. The third-order valence-electron chi connectivity index (χ3n) is 4.48. The summed E-state index contributed by atoms with van der Waals surface area (Å²) < 4.78 is 27.4. The smallest absolute Gasteiger partial charge is 0.240 e. The molecule has 7 heteroatoms. The maximum atomic E-state index is 12.5. The van der Waals surface area contributed by atoms with Crippen LogP contribution in [0.15, 0.2) is 47.4 Å². The normalized spacial score (nSPS) is 18.4. The van der Waals surface area contributed by atoms with E-state index in [4.69, 9.17) is 0 Å². The van der Waals surface area contributed by atoms with Crippen LogP contribution in [0.25, 0.3) is 10.8 Å². The van der Waals surface area contributed by atoms with Crippen molar-refractivity contribution in [3.8, 4) is 0 Å². The number of carbonyl (C=O) groups excluding carboxylic acids is 1. The fraction of sp³-hybridized carbons (Fsp3) is 0.389. The van der Waals surface area contributed by atoms with Gasteiger partial charge in [0.15, 0.2) is 0 Å². The first-order chi connectivity index (χ1) is 12.0. The quantitative estimate of drug-likeness (QED) is 0.842. The van der Waals surface area contributed by atoms with Gasteiger partial charge in [-0.25, -0.2) is 13.1 Å². The molecule has 1 fully saturated rings. The second-order valence-electron chi connectivity index (χ2n) is 6.30. The van der Waals surface area contributed by atoms with E-state index in [0.717, 1.165) is 23.9 Å². The predicted octanol–water partition coefficient (Wildman–Crippen LogP) is 1.33. The molecule has 3 rings (SSSR count). The lowest BCUT2D eigenvalue weighted by Gasteiger charge is -2.34. The number of hydrogen-bond donors (Lipinski definition) is 2. The van der Waals surface area contributed by atoms with E-state index >= 15 is 0 Å². The average molecular weight is 361 g/mol. The Labute approximate surface area is 148 Å². The number of piperazine rings is 1. The molecular weight excluding hydrogens is 338 g/mol. The molecule has 1 aliphatic heterocycles.